The number of pyridine rings is 1. The summed E-state index contributed by atoms with van der Waals surface area (Å²) in [6.07, 6.45) is -0.663. The fourth-order valence-corrected chi connectivity index (χ4v) is 1.47. The molecule has 114 valence electrons. The van der Waals surface area contributed by atoms with E-state index in [1.807, 2.05) is 0 Å². The summed E-state index contributed by atoms with van der Waals surface area (Å²) >= 11 is 0. The molecular weight excluding hydrogens is 282 g/mol. The average molecular weight is 299 g/mol. The minimum Gasteiger partial charge on any atom is -0.256 e. The lowest BCUT2D eigenvalue weighted by atomic mass is 10.1. The maximum Gasteiger partial charge on any atom is 0.419 e. The van der Waals surface area contributed by atoms with E-state index in [0.717, 1.165) is 6.07 Å². The van der Waals surface area contributed by atoms with Gasteiger partial charge in [-0.2, -0.15) is 13.2 Å². The summed E-state index contributed by atoms with van der Waals surface area (Å²) < 4.78 is 51.1. The fraction of sp³-hybridized carbons (Fsp3) is 0.312. The van der Waals surface area contributed by atoms with E-state index in [-0.39, 0.29) is 11.3 Å². The van der Waals surface area contributed by atoms with Crippen LogP contribution in [0.2, 0.25) is 0 Å². The molecule has 0 fully saturated rings. The molecule has 1 aromatic carbocycles. The lowest BCUT2D eigenvalue weighted by Crippen LogP contribution is -2.08. The molecule has 0 amide bonds. The quantitative estimate of drug-likeness (QED) is 0.647. The maximum absolute atomic E-state index is 13.7. The third-order valence-electron chi connectivity index (χ3n) is 2.74. The van der Waals surface area contributed by atoms with Gasteiger partial charge in [0.2, 0.25) is 0 Å². The Balaban J connectivity index is 0.000000491. The molecule has 1 nitrogen and oxygen atoms in total. The van der Waals surface area contributed by atoms with Crippen molar-refractivity contribution in [1.82, 2.24) is 4.98 Å². The topological polar surface area (TPSA) is 12.9 Å². The Morgan fingerprint density at radius 2 is 1.62 bits per heavy atom. The first-order chi connectivity index (χ1) is 9.91. The number of halogens is 4. The summed E-state index contributed by atoms with van der Waals surface area (Å²) in [5.74, 6) is -1.29. The zero-order valence-corrected chi connectivity index (χ0v) is 11.9. The first-order valence-electron chi connectivity index (χ1n) is 6.68. The molecule has 21 heavy (non-hydrogen) atoms. The van der Waals surface area contributed by atoms with Crippen LogP contribution in [0.3, 0.4) is 0 Å². The van der Waals surface area contributed by atoms with Crippen LogP contribution in [0, 0.1) is 5.82 Å². The van der Waals surface area contributed by atoms with Crippen molar-refractivity contribution in [1.29, 1.82) is 0 Å². The Morgan fingerprint density at radius 1 is 0.952 bits per heavy atom. The summed E-state index contributed by atoms with van der Waals surface area (Å²) in [6.45, 7) is 4.36. The lowest BCUT2D eigenvalue weighted by Gasteiger charge is -2.10. The van der Waals surface area contributed by atoms with Crippen molar-refractivity contribution in [3.05, 3.63) is 54.0 Å². The van der Waals surface area contributed by atoms with Crippen molar-refractivity contribution in [3.63, 3.8) is 0 Å². The average Bonchev–Trinajstić information content (AvgIpc) is 2.47. The molecule has 0 unspecified atom stereocenters. The van der Waals surface area contributed by atoms with Gasteiger partial charge in [-0.05, 0) is 24.3 Å². The lowest BCUT2D eigenvalue weighted by molar-refractivity contribution is -0.139. The highest BCUT2D eigenvalue weighted by Crippen LogP contribution is 2.34. The number of hydrogen-bond acceptors (Lipinski definition) is 1. The minimum atomic E-state index is -4.70. The highest BCUT2D eigenvalue weighted by Gasteiger charge is 2.35. The Kier molecular flexibility index (Phi) is 6.34. The summed E-state index contributed by atoms with van der Waals surface area (Å²) in [4.78, 5) is 3.83. The SMILES string of the molecule is CCCC.Fc1c(-c2ccccn2)cccc1C(F)(F)F. The Bertz CT molecular complexity index is 548. The van der Waals surface area contributed by atoms with Crippen molar-refractivity contribution in [3.8, 4) is 11.3 Å². The molecule has 0 aliphatic rings. The van der Waals surface area contributed by atoms with E-state index >= 15 is 0 Å². The zero-order chi connectivity index (χ0) is 15.9. The largest absolute Gasteiger partial charge is 0.419 e. The number of alkyl halides is 3. The molecule has 0 saturated heterocycles. The molecule has 0 aliphatic carbocycles. The van der Waals surface area contributed by atoms with Gasteiger partial charge in [-0.15, -0.1) is 0 Å². The fourth-order valence-electron chi connectivity index (χ4n) is 1.47. The van der Waals surface area contributed by atoms with Gasteiger partial charge < -0.3 is 0 Å². The number of unbranched alkanes of at least 4 members (excludes halogenated alkanes) is 1. The molecule has 0 aliphatic heterocycles. The second-order valence-corrected chi connectivity index (χ2v) is 4.38. The molecule has 2 rings (SSSR count). The van der Waals surface area contributed by atoms with Gasteiger partial charge >= 0.3 is 6.18 Å². The molecule has 0 atom stereocenters. The van der Waals surface area contributed by atoms with Crippen LogP contribution in [0.1, 0.15) is 32.3 Å². The van der Waals surface area contributed by atoms with Crippen LogP contribution in [-0.4, -0.2) is 4.98 Å². The molecule has 0 bridgehead atoms. The van der Waals surface area contributed by atoms with Crippen molar-refractivity contribution in [2.75, 3.05) is 0 Å². The number of hydrogen-bond donors (Lipinski definition) is 0. The van der Waals surface area contributed by atoms with Gasteiger partial charge in [0, 0.05) is 11.8 Å². The van der Waals surface area contributed by atoms with Crippen LogP contribution in [0.25, 0.3) is 11.3 Å². The number of rotatable bonds is 2. The van der Waals surface area contributed by atoms with Crippen molar-refractivity contribution in [2.24, 2.45) is 0 Å². The molecule has 0 N–H and O–H groups in total. The Morgan fingerprint density at radius 3 is 2.10 bits per heavy atom. The van der Waals surface area contributed by atoms with Gasteiger partial charge in [0.1, 0.15) is 5.82 Å². The van der Waals surface area contributed by atoms with Gasteiger partial charge in [-0.3, -0.25) is 4.98 Å². The van der Waals surface area contributed by atoms with E-state index in [9.17, 15) is 17.6 Å². The summed E-state index contributed by atoms with van der Waals surface area (Å²) in [5.41, 5.74) is -1.25. The van der Waals surface area contributed by atoms with Crippen molar-refractivity contribution in [2.45, 2.75) is 32.9 Å². The van der Waals surface area contributed by atoms with Crippen molar-refractivity contribution >= 4 is 0 Å². The number of aromatic nitrogens is 1. The van der Waals surface area contributed by atoms with Crippen LogP contribution >= 0.6 is 0 Å². The van der Waals surface area contributed by atoms with Gasteiger partial charge in [-0.1, -0.05) is 38.8 Å². The Hall–Kier alpha value is -1.91. The number of nitrogens with zero attached hydrogens (tertiary/aromatic N) is 1. The minimum absolute atomic E-state index is 0.152. The maximum atomic E-state index is 13.7. The summed E-state index contributed by atoms with van der Waals surface area (Å²) in [6, 6.07) is 7.79. The van der Waals surface area contributed by atoms with E-state index in [1.165, 1.54) is 31.2 Å². The standard InChI is InChI=1S/C12H7F4N.C4H10/c13-11-8(10-6-1-2-7-17-10)4-3-5-9(11)12(14,15)16;1-3-4-2/h1-7H;3-4H2,1-2H3. The predicted molar refractivity (Wildman–Crippen MR) is 75.2 cm³/mol. The van der Waals surface area contributed by atoms with E-state index < -0.39 is 17.6 Å². The zero-order valence-electron chi connectivity index (χ0n) is 11.9. The molecule has 5 heteroatoms. The first kappa shape index (κ1) is 17.1. The van der Waals surface area contributed by atoms with Crippen LogP contribution in [-0.2, 0) is 6.18 Å². The molecule has 1 heterocycles. The van der Waals surface area contributed by atoms with Crippen LogP contribution in [0.5, 0.6) is 0 Å². The highest BCUT2D eigenvalue weighted by atomic mass is 19.4. The van der Waals surface area contributed by atoms with Crippen LogP contribution < -0.4 is 0 Å². The van der Waals surface area contributed by atoms with Gasteiger partial charge in [0.25, 0.3) is 0 Å². The van der Waals surface area contributed by atoms with Gasteiger partial charge in [0.15, 0.2) is 0 Å². The molecular formula is C16H17F4N. The second kappa shape index (κ2) is 7.76. The van der Waals surface area contributed by atoms with Crippen LogP contribution in [0.15, 0.2) is 42.6 Å². The van der Waals surface area contributed by atoms with E-state index in [0.29, 0.717) is 6.07 Å². The molecule has 2 aromatic rings. The molecule has 1 aromatic heterocycles. The third kappa shape index (κ3) is 4.85. The normalized spacial score (nSPS) is 10.8. The highest BCUT2D eigenvalue weighted by molar-refractivity contribution is 5.61. The monoisotopic (exact) mass is 299 g/mol. The van der Waals surface area contributed by atoms with Crippen LogP contribution in [0.4, 0.5) is 17.6 Å². The first-order valence-corrected chi connectivity index (χ1v) is 6.68. The molecule has 0 radical (unpaired) electrons. The molecule has 0 spiro atoms. The summed E-state index contributed by atoms with van der Waals surface area (Å²) in [5, 5.41) is 0. The van der Waals surface area contributed by atoms with E-state index in [4.69, 9.17) is 0 Å². The summed E-state index contributed by atoms with van der Waals surface area (Å²) in [7, 11) is 0. The van der Waals surface area contributed by atoms with E-state index in [2.05, 4.69) is 18.8 Å². The van der Waals surface area contributed by atoms with E-state index in [1.54, 1.807) is 12.1 Å². The van der Waals surface area contributed by atoms with Gasteiger partial charge in [-0.25, -0.2) is 4.39 Å². The van der Waals surface area contributed by atoms with Crippen molar-refractivity contribution < 1.29 is 17.6 Å². The number of benzene rings is 1. The third-order valence-corrected chi connectivity index (χ3v) is 2.74. The Labute approximate surface area is 121 Å². The second-order valence-electron chi connectivity index (χ2n) is 4.38. The predicted octanol–water partition coefficient (Wildman–Crippen LogP) is 5.71. The van der Waals surface area contributed by atoms with Gasteiger partial charge in [0.05, 0.1) is 11.3 Å². The smallest absolute Gasteiger partial charge is 0.256 e. The molecule has 0 saturated carbocycles.